The second kappa shape index (κ2) is 8.44. The molecule has 0 atom stereocenters. The van der Waals surface area contributed by atoms with Crippen LogP contribution in [0, 0.1) is 6.92 Å². The average Bonchev–Trinajstić information content (AvgIpc) is 2.66. The van der Waals surface area contributed by atoms with Crippen LogP contribution in [-0.4, -0.2) is 20.9 Å². The Kier molecular flexibility index (Phi) is 5.97. The molecule has 6 nitrogen and oxygen atoms in total. The molecule has 0 saturated heterocycles. The van der Waals surface area contributed by atoms with Crippen LogP contribution in [0.5, 0.6) is 0 Å². The van der Waals surface area contributed by atoms with Gasteiger partial charge in [-0.2, -0.15) is 13.2 Å². The first kappa shape index (κ1) is 20.5. The molecule has 0 saturated carbocycles. The van der Waals surface area contributed by atoms with E-state index >= 15 is 0 Å². The zero-order valence-corrected chi connectivity index (χ0v) is 15.8. The molecule has 0 unspecified atom stereocenters. The molecule has 0 aliphatic carbocycles. The summed E-state index contributed by atoms with van der Waals surface area (Å²) in [5.41, 5.74) is -0.0407. The Morgan fingerprint density at radius 3 is 2.69 bits per heavy atom. The highest BCUT2D eigenvalue weighted by atomic mass is 35.5. The molecule has 0 aliphatic heterocycles. The van der Waals surface area contributed by atoms with Crippen molar-refractivity contribution in [3.05, 3.63) is 76.3 Å². The van der Waals surface area contributed by atoms with Gasteiger partial charge in [0.15, 0.2) is 5.69 Å². The first-order valence-corrected chi connectivity index (χ1v) is 8.76. The molecule has 1 amide bonds. The lowest BCUT2D eigenvalue weighted by Crippen LogP contribution is -2.27. The maximum absolute atomic E-state index is 13.5. The van der Waals surface area contributed by atoms with Crippen LogP contribution in [0.25, 0.3) is 0 Å². The third-order valence-electron chi connectivity index (χ3n) is 3.96. The van der Waals surface area contributed by atoms with Gasteiger partial charge in [0, 0.05) is 35.8 Å². The molecular formula is C19H15ClF3N5O. The summed E-state index contributed by atoms with van der Waals surface area (Å²) < 4.78 is 40.5. The van der Waals surface area contributed by atoms with E-state index in [9.17, 15) is 18.0 Å². The van der Waals surface area contributed by atoms with Gasteiger partial charge >= 0.3 is 6.18 Å². The smallest absolute Gasteiger partial charge is 0.348 e. The van der Waals surface area contributed by atoms with Crippen LogP contribution < -0.4 is 10.6 Å². The van der Waals surface area contributed by atoms with E-state index in [2.05, 4.69) is 25.6 Å². The number of anilines is 2. The fourth-order valence-electron chi connectivity index (χ4n) is 2.49. The maximum atomic E-state index is 13.5. The first-order chi connectivity index (χ1) is 13.7. The van der Waals surface area contributed by atoms with Gasteiger partial charge in [0.1, 0.15) is 0 Å². The normalized spacial score (nSPS) is 11.2. The molecule has 29 heavy (non-hydrogen) atoms. The van der Waals surface area contributed by atoms with Gasteiger partial charge < -0.3 is 10.6 Å². The number of nitrogens with zero attached hydrogens (tertiary/aromatic N) is 3. The number of carbonyl (C=O) groups excluding carboxylic acids is 1. The molecule has 10 heteroatoms. The third-order valence-corrected chi connectivity index (χ3v) is 4.19. The average molecular weight is 422 g/mol. The Bertz CT molecular complexity index is 1040. The number of nitrogens with one attached hydrogen (secondary N) is 2. The Morgan fingerprint density at radius 2 is 2.00 bits per heavy atom. The van der Waals surface area contributed by atoms with Crippen LogP contribution >= 0.6 is 11.6 Å². The van der Waals surface area contributed by atoms with Crippen LogP contribution in [0.2, 0.25) is 5.02 Å². The van der Waals surface area contributed by atoms with Gasteiger partial charge in [-0.15, -0.1) is 0 Å². The number of aromatic nitrogens is 3. The lowest BCUT2D eigenvalue weighted by Gasteiger charge is -2.14. The standard InChI is InChI=1S/C19H15ClF3N5O/c1-11-8-24-6-5-12(11)9-25-17(29)15-10-26-18(28-16(15)19(21,22)23)27-14-4-2-3-13(20)7-14/h2-8,10H,9H2,1H3,(H,25,29)(H,26,27,28). The largest absolute Gasteiger partial charge is 0.434 e. The molecule has 0 fully saturated rings. The summed E-state index contributed by atoms with van der Waals surface area (Å²) in [7, 11) is 0. The summed E-state index contributed by atoms with van der Waals surface area (Å²) in [6.07, 6.45) is -0.860. The second-order valence-electron chi connectivity index (χ2n) is 6.07. The van der Waals surface area contributed by atoms with Crippen molar-refractivity contribution in [3.8, 4) is 0 Å². The third kappa shape index (κ3) is 5.20. The number of pyridine rings is 1. The summed E-state index contributed by atoms with van der Waals surface area (Å²) >= 11 is 5.86. The molecule has 2 heterocycles. The summed E-state index contributed by atoms with van der Waals surface area (Å²) in [5.74, 6) is -1.23. The van der Waals surface area contributed by atoms with Gasteiger partial charge in [-0.25, -0.2) is 9.97 Å². The Hall–Kier alpha value is -3.20. The molecular weight excluding hydrogens is 407 g/mol. The second-order valence-corrected chi connectivity index (χ2v) is 6.51. The predicted molar refractivity (Wildman–Crippen MR) is 102 cm³/mol. The van der Waals surface area contributed by atoms with Crippen molar-refractivity contribution in [3.63, 3.8) is 0 Å². The van der Waals surface area contributed by atoms with Crippen molar-refractivity contribution >= 4 is 29.1 Å². The number of hydrogen-bond donors (Lipinski definition) is 2. The van der Waals surface area contributed by atoms with Crippen molar-refractivity contribution in [1.82, 2.24) is 20.3 Å². The molecule has 2 aromatic heterocycles. The number of halogens is 4. The minimum atomic E-state index is -4.84. The molecule has 3 aromatic rings. The van der Waals surface area contributed by atoms with E-state index in [-0.39, 0.29) is 12.5 Å². The molecule has 0 spiro atoms. The molecule has 0 radical (unpaired) electrons. The van der Waals surface area contributed by atoms with Crippen LogP contribution in [0.1, 0.15) is 27.2 Å². The monoisotopic (exact) mass is 421 g/mol. The van der Waals surface area contributed by atoms with Crippen molar-refractivity contribution in [1.29, 1.82) is 0 Å². The Labute approximate surface area is 169 Å². The summed E-state index contributed by atoms with van der Waals surface area (Å²) in [6.45, 7) is 1.84. The summed E-state index contributed by atoms with van der Waals surface area (Å²) in [6, 6.07) is 8.02. The Balaban J connectivity index is 1.84. The molecule has 0 bridgehead atoms. The molecule has 150 valence electrons. The number of alkyl halides is 3. The number of benzene rings is 1. The lowest BCUT2D eigenvalue weighted by molar-refractivity contribution is -0.141. The number of carbonyl (C=O) groups is 1. The number of hydrogen-bond acceptors (Lipinski definition) is 5. The maximum Gasteiger partial charge on any atom is 0.434 e. The van der Waals surface area contributed by atoms with E-state index in [4.69, 9.17) is 11.6 Å². The van der Waals surface area contributed by atoms with E-state index in [0.717, 1.165) is 17.3 Å². The number of amides is 1. The van der Waals surface area contributed by atoms with Gasteiger partial charge in [-0.3, -0.25) is 9.78 Å². The topological polar surface area (TPSA) is 79.8 Å². The zero-order valence-electron chi connectivity index (χ0n) is 15.1. The minimum absolute atomic E-state index is 0.0486. The molecule has 1 aromatic carbocycles. The summed E-state index contributed by atoms with van der Waals surface area (Å²) in [4.78, 5) is 23.6. The zero-order chi connectivity index (χ0) is 21.0. The van der Waals surface area contributed by atoms with Crippen LogP contribution in [0.15, 0.2) is 48.9 Å². The predicted octanol–water partition coefficient (Wildman–Crippen LogP) is 4.53. The van der Waals surface area contributed by atoms with Crippen molar-refractivity contribution in [2.75, 3.05) is 5.32 Å². The minimum Gasteiger partial charge on any atom is -0.348 e. The van der Waals surface area contributed by atoms with Crippen molar-refractivity contribution < 1.29 is 18.0 Å². The Morgan fingerprint density at radius 1 is 1.21 bits per heavy atom. The summed E-state index contributed by atoms with van der Waals surface area (Å²) in [5, 5.41) is 5.50. The van der Waals surface area contributed by atoms with E-state index in [1.54, 1.807) is 37.4 Å². The van der Waals surface area contributed by atoms with Crippen LogP contribution in [-0.2, 0) is 12.7 Å². The quantitative estimate of drug-likeness (QED) is 0.633. The van der Waals surface area contributed by atoms with Crippen molar-refractivity contribution in [2.24, 2.45) is 0 Å². The van der Waals surface area contributed by atoms with Gasteiger partial charge in [0.05, 0.1) is 5.56 Å². The highest BCUT2D eigenvalue weighted by Gasteiger charge is 2.38. The SMILES string of the molecule is Cc1cnccc1CNC(=O)c1cnc(Nc2cccc(Cl)c2)nc1C(F)(F)F. The van der Waals surface area contributed by atoms with Gasteiger partial charge in [0.25, 0.3) is 5.91 Å². The first-order valence-electron chi connectivity index (χ1n) is 8.38. The van der Waals surface area contributed by atoms with Crippen LogP contribution in [0.3, 0.4) is 0 Å². The van der Waals surface area contributed by atoms with E-state index in [1.807, 2.05) is 0 Å². The molecule has 3 rings (SSSR count). The van der Waals surface area contributed by atoms with E-state index in [1.165, 1.54) is 12.3 Å². The van der Waals surface area contributed by atoms with Crippen molar-refractivity contribution in [2.45, 2.75) is 19.6 Å². The molecule has 2 N–H and O–H groups in total. The fourth-order valence-corrected chi connectivity index (χ4v) is 2.68. The van der Waals surface area contributed by atoms with E-state index < -0.39 is 23.3 Å². The molecule has 0 aliphatic rings. The van der Waals surface area contributed by atoms with Crippen LogP contribution in [0.4, 0.5) is 24.8 Å². The van der Waals surface area contributed by atoms with Gasteiger partial charge in [0.2, 0.25) is 5.95 Å². The van der Waals surface area contributed by atoms with E-state index in [0.29, 0.717) is 10.7 Å². The fraction of sp³-hybridized carbons (Fsp3) is 0.158. The number of aryl methyl sites for hydroxylation is 1. The highest BCUT2D eigenvalue weighted by molar-refractivity contribution is 6.30. The number of rotatable bonds is 5. The van der Waals surface area contributed by atoms with Gasteiger partial charge in [-0.1, -0.05) is 17.7 Å². The lowest BCUT2D eigenvalue weighted by atomic mass is 10.1. The highest BCUT2D eigenvalue weighted by Crippen LogP contribution is 2.31. The van der Waals surface area contributed by atoms with Gasteiger partial charge in [-0.05, 0) is 42.3 Å².